The molecule has 2 bridgehead atoms. The van der Waals surface area contributed by atoms with Gasteiger partial charge in [0, 0.05) is 37.1 Å². The number of aryl methyl sites for hydroxylation is 1. The van der Waals surface area contributed by atoms with Crippen molar-refractivity contribution >= 4 is 5.91 Å². The first-order valence-electron chi connectivity index (χ1n) is 6.82. The summed E-state index contributed by atoms with van der Waals surface area (Å²) in [7, 11) is 2.21. The number of nitrogens with one attached hydrogen (secondary N) is 1. The molecule has 0 aromatic carbocycles. The second kappa shape index (κ2) is 4.43. The van der Waals surface area contributed by atoms with E-state index < -0.39 is 0 Å². The molecule has 1 amide bonds. The largest absolute Gasteiger partial charge is 0.365 e. The Bertz CT molecular complexity index is 454. The molecule has 0 spiro atoms. The van der Waals surface area contributed by atoms with Gasteiger partial charge in [0.15, 0.2) is 0 Å². The van der Waals surface area contributed by atoms with Crippen molar-refractivity contribution in [3.63, 3.8) is 0 Å². The Hall–Kier alpha value is -1.29. The van der Waals surface area contributed by atoms with Crippen molar-refractivity contribution in [2.24, 2.45) is 0 Å². The first-order valence-corrected chi connectivity index (χ1v) is 6.82. The zero-order valence-corrected chi connectivity index (χ0v) is 11.1. The van der Waals surface area contributed by atoms with E-state index in [1.54, 1.807) is 0 Å². The number of fused-ring (bicyclic) bond motifs is 2. The lowest BCUT2D eigenvalue weighted by Gasteiger charge is -2.25. The summed E-state index contributed by atoms with van der Waals surface area (Å²) in [6, 6.07) is 3.13. The first-order chi connectivity index (χ1) is 8.66. The summed E-state index contributed by atoms with van der Waals surface area (Å²) in [4.78, 5) is 20.1. The average molecular weight is 247 g/mol. The monoisotopic (exact) mass is 247 g/mol. The smallest absolute Gasteiger partial charge is 0.255 e. The van der Waals surface area contributed by atoms with E-state index in [0.717, 1.165) is 30.8 Å². The molecule has 0 saturated carbocycles. The van der Waals surface area contributed by atoms with Crippen LogP contribution in [-0.4, -0.2) is 52.9 Å². The maximum atomic E-state index is 12.5. The SMILES string of the molecule is Cc1[nH]ccc1C(=O)N1CCC2CCC(C1)N2C. The van der Waals surface area contributed by atoms with Crippen LogP contribution in [0, 0.1) is 6.92 Å². The average Bonchev–Trinajstić information content (AvgIpc) is 2.84. The number of H-pyrrole nitrogens is 1. The maximum absolute atomic E-state index is 12.5. The van der Waals surface area contributed by atoms with E-state index in [-0.39, 0.29) is 5.91 Å². The Kier molecular flexibility index (Phi) is 2.90. The molecule has 4 heteroatoms. The van der Waals surface area contributed by atoms with Gasteiger partial charge in [0.25, 0.3) is 5.91 Å². The number of likely N-dealkylation sites (N-methyl/N-ethyl adjacent to an activating group) is 1. The van der Waals surface area contributed by atoms with Crippen LogP contribution in [0.3, 0.4) is 0 Å². The van der Waals surface area contributed by atoms with Crippen molar-refractivity contribution in [1.29, 1.82) is 0 Å². The molecule has 1 N–H and O–H groups in total. The molecule has 2 saturated heterocycles. The highest BCUT2D eigenvalue weighted by Crippen LogP contribution is 2.29. The van der Waals surface area contributed by atoms with E-state index in [9.17, 15) is 4.79 Å². The van der Waals surface area contributed by atoms with Crippen molar-refractivity contribution in [3.05, 3.63) is 23.5 Å². The highest BCUT2D eigenvalue weighted by Gasteiger charge is 2.36. The van der Waals surface area contributed by atoms with Crippen molar-refractivity contribution in [2.75, 3.05) is 20.1 Å². The molecule has 2 atom stereocenters. The van der Waals surface area contributed by atoms with Gasteiger partial charge in [0.2, 0.25) is 0 Å². The van der Waals surface area contributed by atoms with Crippen molar-refractivity contribution in [3.8, 4) is 0 Å². The number of aromatic amines is 1. The molecule has 1 aromatic rings. The minimum Gasteiger partial charge on any atom is -0.365 e. The summed E-state index contributed by atoms with van der Waals surface area (Å²) in [6.07, 6.45) is 5.49. The van der Waals surface area contributed by atoms with Crippen LogP contribution < -0.4 is 0 Å². The third-order valence-electron chi connectivity index (χ3n) is 4.62. The number of rotatable bonds is 1. The van der Waals surface area contributed by atoms with Crippen LogP contribution in [0.1, 0.15) is 35.3 Å². The van der Waals surface area contributed by atoms with Crippen LogP contribution >= 0.6 is 0 Å². The molecule has 3 heterocycles. The van der Waals surface area contributed by atoms with E-state index in [4.69, 9.17) is 0 Å². The van der Waals surface area contributed by atoms with Crippen LogP contribution in [0.2, 0.25) is 0 Å². The van der Waals surface area contributed by atoms with Gasteiger partial charge in [0.1, 0.15) is 0 Å². The molecule has 0 aliphatic carbocycles. The second-order valence-electron chi connectivity index (χ2n) is 5.61. The van der Waals surface area contributed by atoms with E-state index in [1.165, 1.54) is 12.8 Å². The summed E-state index contributed by atoms with van der Waals surface area (Å²) in [5.74, 6) is 0.190. The summed E-state index contributed by atoms with van der Waals surface area (Å²) in [5, 5.41) is 0. The molecule has 2 unspecified atom stereocenters. The van der Waals surface area contributed by atoms with Crippen LogP contribution in [0.5, 0.6) is 0 Å². The van der Waals surface area contributed by atoms with Crippen molar-refractivity contribution in [2.45, 2.75) is 38.3 Å². The number of hydrogen-bond acceptors (Lipinski definition) is 2. The molecule has 0 radical (unpaired) electrons. The zero-order valence-electron chi connectivity index (χ0n) is 11.1. The minimum absolute atomic E-state index is 0.190. The zero-order chi connectivity index (χ0) is 12.7. The van der Waals surface area contributed by atoms with Crippen molar-refractivity contribution < 1.29 is 4.79 Å². The number of carbonyl (C=O) groups excluding carboxylic acids is 1. The van der Waals surface area contributed by atoms with Gasteiger partial charge >= 0.3 is 0 Å². The van der Waals surface area contributed by atoms with Crippen LogP contribution in [0.4, 0.5) is 0 Å². The second-order valence-corrected chi connectivity index (χ2v) is 5.61. The predicted octanol–water partition coefficient (Wildman–Crippen LogP) is 1.63. The van der Waals surface area contributed by atoms with E-state index in [1.807, 2.05) is 24.1 Å². The van der Waals surface area contributed by atoms with Gasteiger partial charge in [-0.2, -0.15) is 0 Å². The molecular weight excluding hydrogens is 226 g/mol. The molecule has 4 nitrogen and oxygen atoms in total. The normalized spacial score (nSPS) is 28.4. The third-order valence-corrected chi connectivity index (χ3v) is 4.62. The van der Waals surface area contributed by atoms with Gasteiger partial charge in [-0.1, -0.05) is 0 Å². The van der Waals surface area contributed by atoms with Gasteiger partial charge in [-0.3, -0.25) is 9.69 Å². The minimum atomic E-state index is 0.190. The lowest BCUT2D eigenvalue weighted by molar-refractivity contribution is 0.0739. The Morgan fingerprint density at radius 3 is 2.83 bits per heavy atom. The first kappa shape index (κ1) is 11.8. The Morgan fingerprint density at radius 2 is 2.11 bits per heavy atom. The molecule has 3 rings (SSSR count). The number of likely N-dealkylation sites (tertiary alicyclic amines) is 1. The molecule has 2 aliphatic rings. The number of carbonyl (C=O) groups is 1. The Balaban J connectivity index is 1.78. The summed E-state index contributed by atoms with van der Waals surface area (Å²) in [6.45, 7) is 3.74. The van der Waals surface area contributed by atoms with E-state index >= 15 is 0 Å². The fourth-order valence-electron chi connectivity index (χ4n) is 3.35. The van der Waals surface area contributed by atoms with Gasteiger partial charge in [-0.25, -0.2) is 0 Å². The quantitative estimate of drug-likeness (QED) is 0.819. The Labute approximate surface area is 108 Å². The lowest BCUT2D eigenvalue weighted by Crippen LogP contribution is -2.39. The fourth-order valence-corrected chi connectivity index (χ4v) is 3.35. The van der Waals surface area contributed by atoms with Crippen LogP contribution in [-0.2, 0) is 0 Å². The van der Waals surface area contributed by atoms with E-state index in [2.05, 4.69) is 16.9 Å². The molecule has 18 heavy (non-hydrogen) atoms. The van der Waals surface area contributed by atoms with Crippen LogP contribution in [0.25, 0.3) is 0 Å². The maximum Gasteiger partial charge on any atom is 0.255 e. The predicted molar refractivity (Wildman–Crippen MR) is 70.6 cm³/mol. The summed E-state index contributed by atoms with van der Waals surface area (Å²) in [5.41, 5.74) is 1.80. The van der Waals surface area contributed by atoms with Gasteiger partial charge in [-0.15, -0.1) is 0 Å². The highest BCUT2D eigenvalue weighted by molar-refractivity contribution is 5.95. The van der Waals surface area contributed by atoms with E-state index in [0.29, 0.717) is 12.1 Å². The standard InChI is InChI=1S/C14H21N3O/c1-10-13(5-7-15-10)14(18)17-8-6-11-3-4-12(9-17)16(11)2/h5,7,11-12,15H,3-4,6,8-9H2,1-2H3. The van der Waals surface area contributed by atoms with Gasteiger partial charge in [-0.05, 0) is 39.3 Å². The Morgan fingerprint density at radius 1 is 1.33 bits per heavy atom. The third kappa shape index (κ3) is 1.85. The number of hydrogen-bond donors (Lipinski definition) is 1. The van der Waals surface area contributed by atoms with Crippen LogP contribution in [0.15, 0.2) is 12.3 Å². The topological polar surface area (TPSA) is 39.3 Å². The number of aromatic nitrogens is 1. The molecule has 1 aromatic heterocycles. The number of amides is 1. The molecule has 2 aliphatic heterocycles. The lowest BCUT2D eigenvalue weighted by atomic mass is 10.1. The van der Waals surface area contributed by atoms with Crippen molar-refractivity contribution in [1.82, 2.24) is 14.8 Å². The molecule has 98 valence electrons. The summed E-state index contributed by atoms with van der Waals surface area (Å²) >= 11 is 0. The summed E-state index contributed by atoms with van der Waals surface area (Å²) < 4.78 is 0. The highest BCUT2D eigenvalue weighted by atomic mass is 16.2. The fraction of sp³-hybridized carbons (Fsp3) is 0.643. The van der Waals surface area contributed by atoms with Gasteiger partial charge in [0.05, 0.1) is 5.56 Å². The number of nitrogens with zero attached hydrogens (tertiary/aromatic N) is 2. The molecule has 2 fully saturated rings. The van der Waals surface area contributed by atoms with Gasteiger partial charge < -0.3 is 9.88 Å². The molecular formula is C14H21N3O.